The summed E-state index contributed by atoms with van der Waals surface area (Å²) in [5.74, 6) is -2.04. The number of amides is 3. The highest BCUT2D eigenvalue weighted by Gasteiger charge is 2.46. The molecule has 0 saturated carbocycles. The first-order valence-electron chi connectivity index (χ1n) is 13.9. The minimum Gasteiger partial charge on any atom is -0.478 e. The van der Waals surface area contributed by atoms with Crippen LogP contribution >= 0.6 is 0 Å². The van der Waals surface area contributed by atoms with Crippen molar-refractivity contribution >= 4 is 30.0 Å². The van der Waals surface area contributed by atoms with Gasteiger partial charge in [-0.25, -0.2) is 19.4 Å². The van der Waals surface area contributed by atoms with Crippen LogP contribution in [0.5, 0.6) is 0 Å². The SMILES string of the molecule is COC(=O)C1=C[C@H](N=C(NC(=O)OC(C)(C)C)NC(=O)OC(C)(C)C)[C@@H](NC(C)=O)[C@H]([C@H](OCCN)[C@H]2COCOCO2)O1. The summed E-state index contributed by atoms with van der Waals surface area (Å²) < 4.78 is 44.1. The molecule has 0 unspecified atom stereocenters. The molecule has 0 radical (unpaired) electrons. The number of methoxy groups -OCH3 is 1. The number of carbonyl (C=O) groups excluding carboxylic acids is 4. The standard InChI is InChI=1S/C27H45N5O12/c1-15(33)29-19-16(30-23(31-24(35)43-26(2,3)4)32-25(36)44-27(5,6)7)11-17(22(34)37-8)42-21(19)20(40-10-9-28)18-12-38-13-39-14-41-18/h11,16,18-21H,9-10,12-14,28H2,1-8H3,(H,29,33)(H2,30,31,32,35,36)/t16-,18+,19+,20+,21+/m0/s1. The number of rotatable bonds is 8. The van der Waals surface area contributed by atoms with E-state index in [-0.39, 0.29) is 39.1 Å². The smallest absolute Gasteiger partial charge is 0.414 e. The summed E-state index contributed by atoms with van der Waals surface area (Å²) in [5, 5.41) is 7.54. The molecule has 3 amide bonds. The Hall–Kier alpha value is -3.51. The van der Waals surface area contributed by atoms with Crippen molar-refractivity contribution in [2.75, 3.05) is 40.5 Å². The molecule has 5 atom stereocenters. The van der Waals surface area contributed by atoms with Crippen LogP contribution in [0.4, 0.5) is 9.59 Å². The first-order chi connectivity index (χ1) is 20.5. The molecular formula is C27H45N5O12. The molecule has 5 N–H and O–H groups in total. The molecule has 0 spiro atoms. The quantitative estimate of drug-likeness (QED) is 0.124. The second-order valence-electron chi connectivity index (χ2n) is 11.7. The Labute approximate surface area is 256 Å². The molecule has 1 fully saturated rings. The lowest BCUT2D eigenvalue weighted by Crippen LogP contribution is -2.61. The van der Waals surface area contributed by atoms with Gasteiger partial charge in [0.1, 0.15) is 37.0 Å². The fourth-order valence-electron chi connectivity index (χ4n) is 4.01. The van der Waals surface area contributed by atoms with Crippen LogP contribution in [-0.4, -0.2) is 112 Å². The number of esters is 1. The van der Waals surface area contributed by atoms with E-state index >= 15 is 0 Å². The third-order valence-corrected chi connectivity index (χ3v) is 5.51. The van der Waals surface area contributed by atoms with Crippen LogP contribution in [0, 0.1) is 0 Å². The van der Waals surface area contributed by atoms with Crippen molar-refractivity contribution in [1.82, 2.24) is 16.0 Å². The molecule has 0 aliphatic carbocycles. The lowest BCUT2D eigenvalue weighted by atomic mass is 9.92. The fourth-order valence-corrected chi connectivity index (χ4v) is 4.01. The Balaban J connectivity index is 2.65. The van der Waals surface area contributed by atoms with Gasteiger partial charge in [-0.05, 0) is 47.6 Å². The van der Waals surface area contributed by atoms with Crippen molar-refractivity contribution in [3.8, 4) is 0 Å². The lowest BCUT2D eigenvalue weighted by Gasteiger charge is -2.41. The summed E-state index contributed by atoms with van der Waals surface area (Å²) in [7, 11) is 1.15. The highest BCUT2D eigenvalue weighted by molar-refractivity contribution is 6.01. The summed E-state index contributed by atoms with van der Waals surface area (Å²) >= 11 is 0. The van der Waals surface area contributed by atoms with Gasteiger partial charge in [0.05, 0.1) is 32.4 Å². The summed E-state index contributed by atoms with van der Waals surface area (Å²) in [4.78, 5) is 55.1. The van der Waals surface area contributed by atoms with E-state index in [0.717, 1.165) is 7.11 Å². The number of guanidine groups is 1. The molecule has 2 rings (SSSR count). The van der Waals surface area contributed by atoms with E-state index in [1.54, 1.807) is 41.5 Å². The van der Waals surface area contributed by atoms with Crippen molar-refractivity contribution in [1.29, 1.82) is 0 Å². The number of hydrogen-bond donors (Lipinski definition) is 4. The number of nitrogens with one attached hydrogen (secondary N) is 3. The highest BCUT2D eigenvalue weighted by atomic mass is 16.8. The van der Waals surface area contributed by atoms with Gasteiger partial charge in [-0.1, -0.05) is 0 Å². The molecule has 17 nitrogen and oxygen atoms in total. The van der Waals surface area contributed by atoms with Gasteiger partial charge in [0.25, 0.3) is 0 Å². The number of carbonyl (C=O) groups is 4. The minimum absolute atomic E-state index is 0.0126. The first-order valence-corrected chi connectivity index (χ1v) is 13.9. The van der Waals surface area contributed by atoms with Crippen LogP contribution in [0.2, 0.25) is 0 Å². The van der Waals surface area contributed by atoms with Gasteiger partial charge >= 0.3 is 18.2 Å². The molecule has 1 saturated heterocycles. The number of nitrogens with zero attached hydrogens (tertiary/aromatic N) is 1. The van der Waals surface area contributed by atoms with Crippen molar-refractivity contribution in [3.63, 3.8) is 0 Å². The predicted molar refractivity (Wildman–Crippen MR) is 153 cm³/mol. The van der Waals surface area contributed by atoms with E-state index < -0.39 is 71.6 Å². The minimum atomic E-state index is -1.17. The van der Waals surface area contributed by atoms with Crippen LogP contribution in [0.3, 0.4) is 0 Å². The van der Waals surface area contributed by atoms with Crippen molar-refractivity contribution in [2.45, 2.75) is 90.1 Å². The van der Waals surface area contributed by atoms with Crippen LogP contribution in [-0.2, 0) is 47.5 Å². The van der Waals surface area contributed by atoms with E-state index in [0.29, 0.717) is 0 Å². The average Bonchev–Trinajstić information content (AvgIpc) is 3.16. The summed E-state index contributed by atoms with van der Waals surface area (Å²) in [6.07, 6.45) is -3.58. The molecule has 0 aromatic rings. The molecular weight excluding hydrogens is 586 g/mol. The van der Waals surface area contributed by atoms with Crippen molar-refractivity contribution in [2.24, 2.45) is 10.7 Å². The largest absolute Gasteiger partial charge is 0.478 e. The molecule has 250 valence electrons. The van der Waals surface area contributed by atoms with Crippen LogP contribution in [0.25, 0.3) is 0 Å². The Bertz CT molecular complexity index is 1030. The average molecular weight is 632 g/mol. The number of aliphatic imine (C=N–C) groups is 1. The monoisotopic (exact) mass is 631 g/mol. The van der Waals surface area contributed by atoms with E-state index in [1.807, 2.05) is 0 Å². The van der Waals surface area contributed by atoms with Crippen LogP contribution < -0.4 is 21.7 Å². The van der Waals surface area contributed by atoms with Crippen LogP contribution in [0.15, 0.2) is 16.8 Å². The number of hydrogen-bond acceptors (Lipinski definition) is 14. The Kier molecular flexibility index (Phi) is 13.8. The van der Waals surface area contributed by atoms with Gasteiger partial charge in [0.2, 0.25) is 17.6 Å². The molecule has 0 bridgehead atoms. The second-order valence-corrected chi connectivity index (χ2v) is 11.7. The van der Waals surface area contributed by atoms with Gasteiger partial charge in [-0.3, -0.25) is 15.4 Å². The van der Waals surface area contributed by atoms with Crippen molar-refractivity contribution in [3.05, 3.63) is 11.8 Å². The number of nitrogens with two attached hydrogens (primary N) is 1. The Morgan fingerprint density at radius 3 is 2.16 bits per heavy atom. The van der Waals surface area contributed by atoms with Crippen LogP contribution in [0.1, 0.15) is 48.5 Å². The first kappa shape index (κ1) is 36.7. The van der Waals surface area contributed by atoms with Gasteiger partial charge in [-0.15, -0.1) is 0 Å². The highest BCUT2D eigenvalue weighted by Crippen LogP contribution is 2.28. The predicted octanol–water partition coefficient (Wildman–Crippen LogP) is 0.412. The molecule has 0 aromatic heterocycles. The van der Waals surface area contributed by atoms with Gasteiger partial charge < -0.3 is 48.9 Å². The Morgan fingerprint density at radius 2 is 1.64 bits per heavy atom. The molecule has 2 aliphatic heterocycles. The normalized spacial score (nSPS) is 23.0. The molecule has 44 heavy (non-hydrogen) atoms. The molecule has 2 aliphatic rings. The summed E-state index contributed by atoms with van der Waals surface area (Å²) in [6, 6.07) is -2.23. The lowest BCUT2D eigenvalue weighted by molar-refractivity contribution is -0.167. The van der Waals surface area contributed by atoms with Gasteiger partial charge in [0.15, 0.2) is 6.10 Å². The van der Waals surface area contributed by atoms with Gasteiger partial charge in [-0.2, -0.15) is 0 Å². The molecule has 2 heterocycles. The maximum Gasteiger partial charge on any atom is 0.414 e. The second kappa shape index (κ2) is 16.5. The number of ether oxygens (including phenoxy) is 8. The summed E-state index contributed by atoms with van der Waals surface area (Å²) in [5.41, 5.74) is 3.93. The van der Waals surface area contributed by atoms with Crippen molar-refractivity contribution < 1.29 is 57.1 Å². The third-order valence-electron chi connectivity index (χ3n) is 5.51. The van der Waals surface area contributed by atoms with E-state index in [9.17, 15) is 19.2 Å². The zero-order chi connectivity index (χ0) is 33.1. The van der Waals surface area contributed by atoms with E-state index in [2.05, 4.69) is 20.9 Å². The third kappa shape index (κ3) is 12.6. The molecule has 17 heteroatoms. The topological polar surface area (TPSA) is 217 Å². The molecule has 0 aromatic carbocycles. The fraction of sp³-hybridized carbons (Fsp3) is 0.741. The van der Waals surface area contributed by atoms with Gasteiger partial charge in [0, 0.05) is 13.5 Å². The maximum atomic E-state index is 12.7. The zero-order valence-electron chi connectivity index (χ0n) is 26.4. The Morgan fingerprint density at radius 1 is 1.02 bits per heavy atom. The summed E-state index contributed by atoms with van der Waals surface area (Å²) in [6.45, 7) is 11.2. The maximum absolute atomic E-state index is 12.7. The zero-order valence-corrected chi connectivity index (χ0v) is 26.4. The van der Waals surface area contributed by atoms with E-state index in [1.165, 1.54) is 13.0 Å². The number of alkyl carbamates (subject to hydrolysis) is 2. The van der Waals surface area contributed by atoms with E-state index in [4.69, 9.17) is 43.6 Å².